The van der Waals surface area contributed by atoms with E-state index < -0.39 is 5.97 Å². The Balaban J connectivity index is 3.76. The standard InChI is InChI=1S/C8H14N2O2/c1-6(2)4-7(3)12-8(11)5-10-9/h5-7H,4H2,1-3H3. The van der Waals surface area contributed by atoms with Gasteiger partial charge in [0.1, 0.15) is 0 Å². The summed E-state index contributed by atoms with van der Waals surface area (Å²) in [5.74, 6) is -0.121. The van der Waals surface area contributed by atoms with Crippen molar-refractivity contribution in [3.63, 3.8) is 0 Å². The van der Waals surface area contributed by atoms with Crippen LogP contribution < -0.4 is 0 Å². The Kier molecular flexibility index (Phi) is 4.97. The molecule has 0 aliphatic carbocycles. The molecule has 0 amide bonds. The third kappa shape index (κ3) is 5.62. The van der Waals surface area contributed by atoms with Crippen LogP contribution in [0.1, 0.15) is 27.2 Å². The molecule has 0 aliphatic heterocycles. The number of hydrogen-bond acceptors (Lipinski definition) is 2. The minimum atomic E-state index is -0.606. The topological polar surface area (TPSA) is 62.7 Å². The Hall–Kier alpha value is -1.15. The summed E-state index contributed by atoms with van der Waals surface area (Å²) in [6.45, 7) is 5.90. The highest BCUT2D eigenvalue weighted by molar-refractivity contribution is 6.20. The lowest BCUT2D eigenvalue weighted by atomic mass is 10.1. The fraction of sp³-hybridized carbons (Fsp3) is 0.750. The van der Waals surface area contributed by atoms with Gasteiger partial charge in [-0.1, -0.05) is 13.8 Å². The van der Waals surface area contributed by atoms with Gasteiger partial charge in [0, 0.05) is 0 Å². The number of rotatable bonds is 4. The molecule has 0 aromatic heterocycles. The molecule has 4 heteroatoms. The Morgan fingerprint density at radius 3 is 2.58 bits per heavy atom. The summed E-state index contributed by atoms with van der Waals surface area (Å²) in [6.07, 6.45) is 1.43. The molecule has 0 aromatic rings. The van der Waals surface area contributed by atoms with Crippen molar-refractivity contribution in [1.29, 1.82) is 0 Å². The van der Waals surface area contributed by atoms with Gasteiger partial charge in [0.05, 0.1) is 6.10 Å². The molecule has 4 nitrogen and oxygen atoms in total. The largest absolute Gasteiger partial charge is 0.454 e. The van der Waals surface area contributed by atoms with Crippen LogP contribution in [0.5, 0.6) is 0 Å². The van der Waals surface area contributed by atoms with Crippen LogP contribution in [0.3, 0.4) is 0 Å². The van der Waals surface area contributed by atoms with Gasteiger partial charge in [0.15, 0.2) is 0 Å². The molecule has 12 heavy (non-hydrogen) atoms. The molecule has 0 radical (unpaired) electrons. The molecule has 68 valence electrons. The zero-order valence-corrected chi connectivity index (χ0v) is 7.65. The highest BCUT2D eigenvalue weighted by atomic mass is 16.5. The number of carbonyl (C=O) groups excluding carboxylic acids is 1. The molecule has 0 aromatic carbocycles. The number of nitrogens with zero attached hydrogens (tertiary/aromatic N) is 2. The van der Waals surface area contributed by atoms with E-state index >= 15 is 0 Å². The molecular weight excluding hydrogens is 156 g/mol. The zero-order chi connectivity index (χ0) is 9.56. The first-order valence-electron chi connectivity index (χ1n) is 3.94. The number of esters is 1. The molecule has 0 N–H and O–H groups in total. The lowest BCUT2D eigenvalue weighted by Crippen LogP contribution is -2.17. The molecule has 0 saturated carbocycles. The molecule has 1 unspecified atom stereocenters. The highest BCUT2D eigenvalue weighted by Gasteiger charge is 2.11. The van der Waals surface area contributed by atoms with Crippen molar-refractivity contribution in [2.24, 2.45) is 5.92 Å². The predicted octanol–water partition coefficient (Wildman–Crippen LogP) is 1.26. The Morgan fingerprint density at radius 2 is 2.17 bits per heavy atom. The van der Waals surface area contributed by atoms with Gasteiger partial charge in [0.25, 0.3) is 0 Å². The van der Waals surface area contributed by atoms with Gasteiger partial charge >= 0.3 is 12.2 Å². The van der Waals surface area contributed by atoms with Gasteiger partial charge in [-0.15, -0.1) is 0 Å². The van der Waals surface area contributed by atoms with E-state index in [-0.39, 0.29) is 6.10 Å². The van der Waals surface area contributed by atoms with E-state index in [9.17, 15) is 4.79 Å². The average molecular weight is 170 g/mol. The summed E-state index contributed by atoms with van der Waals surface area (Å²) in [4.78, 5) is 13.3. The molecule has 1 atom stereocenters. The smallest absolute Gasteiger partial charge is 0.413 e. The number of carbonyl (C=O) groups is 1. The first-order valence-corrected chi connectivity index (χ1v) is 3.94. The molecule has 0 aliphatic rings. The van der Waals surface area contributed by atoms with Crippen LogP contribution in [-0.4, -0.2) is 23.1 Å². The number of ether oxygens (including phenoxy) is 1. The summed E-state index contributed by atoms with van der Waals surface area (Å²) in [6, 6.07) is 0. The van der Waals surface area contributed by atoms with E-state index in [4.69, 9.17) is 10.3 Å². The van der Waals surface area contributed by atoms with Crippen molar-refractivity contribution < 1.29 is 14.3 Å². The predicted molar refractivity (Wildman–Crippen MR) is 44.7 cm³/mol. The van der Waals surface area contributed by atoms with Gasteiger partial charge in [-0.3, -0.25) is 0 Å². The van der Waals surface area contributed by atoms with Gasteiger partial charge in [0.2, 0.25) is 0 Å². The maximum absolute atomic E-state index is 10.7. The lowest BCUT2D eigenvalue weighted by molar-refractivity contribution is -0.143. The third-order valence-corrected chi connectivity index (χ3v) is 1.28. The number of hydrogen-bond donors (Lipinski definition) is 0. The first-order chi connectivity index (χ1) is 5.56. The maximum atomic E-state index is 10.7. The van der Waals surface area contributed by atoms with E-state index in [1.54, 1.807) is 0 Å². The van der Waals surface area contributed by atoms with Crippen LogP contribution in [0.15, 0.2) is 0 Å². The Labute approximate surface area is 72.2 Å². The summed E-state index contributed by atoms with van der Waals surface area (Å²) >= 11 is 0. The molecule has 0 saturated heterocycles. The van der Waals surface area contributed by atoms with Crippen LogP contribution in [0, 0.1) is 5.92 Å². The highest BCUT2D eigenvalue weighted by Crippen LogP contribution is 2.06. The van der Waals surface area contributed by atoms with Crippen LogP contribution >= 0.6 is 0 Å². The van der Waals surface area contributed by atoms with Crippen molar-refractivity contribution in [2.45, 2.75) is 33.3 Å². The molecule has 0 bridgehead atoms. The fourth-order valence-electron chi connectivity index (χ4n) is 0.988. The van der Waals surface area contributed by atoms with Gasteiger partial charge in [-0.2, -0.15) is 4.79 Å². The van der Waals surface area contributed by atoms with Crippen molar-refractivity contribution in [2.75, 3.05) is 0 Å². The quantitative estimate of drug-likeness (QED) is 0.276. The SMILES string of the molecule is CC(C)CC(C)OC(=O)C=[N+]=[N-]. The normalized spacial score (nSPS) is 12.0. The molecule has 0 fully saturated rings. The minimum absolute atomic E-state index is 0.129. The van der Waals surface area contributed by atoms with Crippen molar-refractivity contribution in [3.05, 3.63) is 5.53 Å². The second-order valence-electron chi connectivity index (χ2n) is 3.12. The Bertz CT molecular complexity index is 195. The second kappa shape index (κ2) is 5.49. The van der Waals surface area contributed by atoms with Crippen LogP contribution in [-0.2, 0) is 9.53 Å². The van der Waals surface area contributed by atoms with Crippen LogP contribution in [0.4, 0.5) is 0 Å². The third-order valence-electron chi connectivity index (χ3n) is 1.28. The summed E-state index contributed by atoms with van der Waals surface area (Å²) < 4.78 is 4.85. The van der Waals surface area contributed by atoms with Crippen LogP contribution in [0.25, 0.3) is 5.53 Å². The van der Waals surface area contributed by atoms with E-state index in [0.29, 0.717) is 5.92 Å². The fourth-order valence-corrected chi connectivity index (χ4v) is 0.988. The molecule has 0 spiro atoms. The first kappa shape index (κ1) is 10.8. The minimum Gasteiger partial charge on any atom is -0.454 e. The van der Waals surface area contributed by atoms with E-state index in [1.807, 2.05) is 20.8 Å². The summed E-state index contributed by atoms with van der Waals surface area (Å²) in [5.41, 5.74) is 8.00. The van der Waals surface area contributed by atoms with Gasteiger partial charge in [-0.25, -0.2) is 4.79 Å². The summed E-state index contributed by atoms with van der Waals surface area (Å²) in [7, 11) is 0. The second-order valence-corrected chi connectivity index (χ2v) is 3.12. The van der Waals surface area contributed by atoms with E-state index in [0.717, 1.165) is 12.6 Å². The van der Waals surface area contributed by atoms with Crippen molar-refractivity contribution in [1.82, 2.24) is 0 Å². The van der Waals surface area contributed by atoms with Crippen molar-refractivity contribution >= 4 is 12.2 Å². The molecular formula is C8H14N2O2. The maximum Gasteiger partial charge on any atom is 0.413 e. The monoisotopic (exact) mass is 170 g/mol. The summed E-state index contributed by atoms with van der Waals surface area (Å²) in [5, 5.41) is 0. The van der Waals surface area contributed by atoms with Gasteiger partial charge < -0.3 is 10.3 Å². The van der Waals surface area contributed by atoms with Crippen LogP contribution in [0.2, 0.25) is 0 Å². The van der Waals surface area contributed by atoms with Crippen molar-refractivity contribution in [3.8, 4) is 0 Å². The molecule has 0 heterocycles. The lowest BCUT2D eigenvalue weighted by Gasteiger charge is -2.12. The van der Waals surface area contributed by atoms with E-state index in [1.165, 1.54) is 0 Å². The van der Waals surface area contributed by atoms with E-state index in [2.05, 4.69) is 4.79 Å². The average Bonchev–Trinajstić information content (AvgIpc) is 1.84. The zero-order valence-electron chi connectivity index (χ0n) is 7.65. The van der Waals surface area contributed by atoms with Gasteiger partial charge in [-0.05, 0) is 19.3 Å². The molecule has 0 rings (SSSR count). The Morgan fingerprint density at radius 1 is 1.58 bits per heavy atom.